The first-order valence-corrected chi connectivity index (χ1v) is 4.80. The van der Waals surface area contributed by atoms with E-state index in [4.69, 9.17) is 7.98 Å². The molecule has 3 heteroatoms. The van der Waals surface area contributed by atoms with Crippen LogP contribution in [-0.4, -0.2) is 25.4 Å². The third-order valence-corrected chi connectivity index (χ3v) is 2.37. The van der Waals surface area contributed by atoms with E-state index in [1.54, 1.807) is 0 Å². The van der Waals surface area contributed by atoms with Gasteiger partial charge in [-0.05, 0) is 25.8 Å². The minimum absolute atomic E-state index is 0. The zero-order valence-corrected chi connectivity index (χ0v) is 11.1. The summed E-state index contributed by atoms with van der Waals surface area (Å²) in [6.07, 6.45) is 10.1. The number of hydrogen-bond acceptors (Lipinski definition) is 1. The van der Waals surface area contributed by atoms with Gasteiger partial charge in [-0.3, -0.25) is 0 Å². The summed E-state index contributed by atoms with van der Waals surface area (Å²) in [5.74, 6) is 0. The SMILES string of the molecule is [B]N1CCCC1C/C=C\CC[CH2-].[Y]. The van der Waals surface area contributed by atoms with Gasteiger partial charge in [-0.25, -0.2) is 0 Å². The monoisotopic (exact) mass is 251 g/mol. The Labute approximate surface area is 109 Å². The molecule has 0 aromatic heterocycles. The molecule has 13 heavy (non-hydrogen) atoms. The van der Waals surface area contributed by atoms with Gasteiger partial charge in [0.2, 0.25) is 0 Å². The summed E-state index contributed by atoms with van der Waals surface area (Å²) in [5.41, 5.74) is 0. The molecule has 1 atom stereocenters. The molecule has 0 saturated carbocycles. The molecule has 69 valence electrons. The van der Waals surface area contributed by atoms with Crippen LogP contribution in [0.1, 0.15) is 32.1 Å². The summed E-state index contributed by atoms with van der Waals surface area (Å²) in [7, 11) is 5.78. The van der Waals surface area contributed by atoms with Gasteiger partial charge in [0, 0.05) is 38.8 Å². The second-order valence-corrected chi connectivity index (χ2v) is 3.38. The Kier molecular flexibility index (Phi) is 8.75. The Balaban J connectivity index is 0.00000144. The van der Waals surface area contributed by atoms with Crippen molar-refractivity contribution in [1.29, 1.82) is 0 Å². The van der Waals surface area contributed by atoms with E-state index in [1.165, 1.54) is 12.8 Å². The molecule has 1 unspecified atom stereocenters. The molecule has 1 aliphatic rings. The standard InChI is InChI=1S/C10H17BN.Y/c1-2-3-4-5-7-10-8-6-9-12(10)11;/h4-5,10H,1-3,6-9H2;/q-1;/b5-4-;. The van der Waals surface area contributed by atoms with Gasteiger partial charge in [0.1, 0.15) is 0 Å². The molecular formula is C10H17BNY-. The summed E-state index contributed by atoms with van der Waals surface area (Å²) in [4.78, 5) is 1.97. The molecule has 1 heterocycles. The maximum absolute atomic E-state index is 5.78. The van der Waals surface area contributed by atoms with E-state index in [0.29, 0.717) is 6.04 Å². The zero-order chi connectivity index (χ0) is 8.81. The van der Waals surface area contributed by atoms with E-state index in [-0.39, 0.29) is 32.7 Å². The summed E-state index contributed by atoms with van der Waals surface area (Å²) in [5, 5.41) is 0. The van der Waals surface area contributed by atoms with E-state index < -0.39 is 0 Å². The first-order chi connectivity index (χ1) is 5.84. The zero-order valence-electron chi connectivity index (χ0n) is 8.28. The van der Waals surface area contributed by atoms with Crippen molar-refractivity contribution >= 4 is 7.98 Å². The molecule has 0 bridgehead atoms. The van der Waals surface area contributed by atoms with E-state index in [2.05, 4.69) is 19.1 Å². The topological polar surface area (TPSA) is 3.24 Å². The Hall–Kier alpha value is 0.869. The molecule has 3 radical (unpaired) electrons. The van der Waals surface area contributed by atoms with Crippen molar-refractivity contribution in [3.63, 3.8) is 0 Å². The first-order valence-electron chi connectivity index (χ1n) is 4.80. The van der Waals surface area contributed by atoms with Gasteiger partial charge in [-0.1, -0.05) is 18.6 Å². The molecule has 0 N–H and O–H groups in total. The van der Waals surface area contributed by atoms with E-state index in [9.17, 15) is 0 Å². The van der Waals surface area contributed by atoms with Crippen LogP contribution in [-0.2, 0) is 32.7 Å². The fourth-order valence-corrected chi connectivity index (χ4v) is 1.60. The predicted molar refractivity (Wildman–Crippen MR) is 53.8 cm³/mol. The fraction of sp³-hybridized carbons (Fsp3) is 0.700. The van der Waals surface area contributed by atoms with Crippen molar-refractivity contribution in [2.75, 3.05) is 6.54 Å². The van der Waals surface area contributed by atoms with Gasteiger partial charge in [-0.2, -0.15) is 6.42 Å². The maximum Gasteiger partial charge on any atom is 0.182 e. The Morgan fingerprint density at radius 1 is 1.46 bits per heavy atom. The number of hydrogen-bond donors (Lipinski definition) is 0. The van der Waals surface area contributed by atoms with Crippen molar-refractivity contribution in [1.82, 2.24) is 4.81 Å². The minimum Gasteiger partial charge on any atom is -0.351 e. The molecule has 0 aliphatic carbocycles. The van der Waals surface area contributed by atoms with Crippen LogP contribution in [0.15, 0.2) is 12.2 Å². The van der Waals surface area contributed by atoms with Crippen LogP contribution in [0.25, 0.3) is 0 Å². The normalized spacial score (nSPS) is 23.6. The quantitative estimate of drug-likeness (QED) is 0.420. The third-order valence-electron chi connectivity index (χ3n) is 2.37. The third kappa shape index (κ3) is 5.34. The molecular weight excluding hydrogens is 234 g/mol. The van der Waals surface area contributed by atoms with Gasteiger partial charge >= 0.3 is 0 Å². The molecule has 1 rings (SSSR count). The van der Waals surface area contributed by atoms with E-state index >= 15 is 0 Å². The number of unbranched alkanes of at least 4 members (excludes halogenated alkanes) is 1. The van der Waals surface area contributed by atoms with E-state index in [1.807, 2.05) is 4.81 Å². The van der Waals surface area contributed by atoms with Gasteiger partial charge in [0.25, 0.3) is 0 Å². The van der Waals surface area contributed by atoms with Crippen molar-refractivity contribution in [3.05, 3.63) is 19.1 Å². The van der Waals surface area contributed by atoms with Crippen LogP contribution in [0.4, 0.5) is 0 Å². The molecule has 1 fully saturated rings. The molecule has 1 saturated heterocycles. The largest absolute Gasteiger partial charge is 0.351 e. The van der Waals surface area contributed by atoms with Crippen LogP contribution < -0.4 is 0 Å². The molecule has 1 nitrogen and oxygen atoms in total. The van der Waals surface area contributed by atoms with Crippen LogP contribution in [0, 0.1) is 6.92 Å². The summed E-state index contributed by atoms with van der Waals surface area (Å²) in [6.45, 7) is 4.85. The average Bonchev–Trinajstić information content (AvgIpc) is 2.46. The smallest absolute Gasteiger partial charge is 0.182 e. The number of allylic oxidation sites excluding steroid dienone is 1. The number of nitrogens with zero attached hydrogens (tertiary/aromatic N) is 1. The Morgan fingerprint density at radius 2 is 2.23 bits per heavy atom. The van der Waals surface area contributed by atoms with Crippen LogP contribution in [0.3, 0.4) is 0 Å². The van der Waals surface area contributed by atoms with E-state index in [0.717, 1.165) is 25.8 Å². The minimum atomic E-state index is 0. The maximum atomic E-state index is 5.78. The van der Waals surface area contributed by atoms with Crippen LogP contribution in [0.2, 0.25) is 0 Å². The van der Waals surface area contributed by atoms with Gasteiger partial charge in [-0.15, -0.1) is 0 Å². The van der Waals surface area contributed by atoms with Crippen LogP contribution in [0.5, 0.6) is 0 Å². The second kappa shape index (κ2) is 8.20. The Bertz CT molecular complexity index is 150. The summed E-state index contributed by atoms with van der Waals surface area (Å²) < 4.78 is 0. The Morgan fingerprint density at radius 3 is 2.77 bits per heavy atom. The first kappa shape index (κ1) is 13.9. The van der Waals surface area contributed by atoms with Gasteiger partial charge in [0.15, 0.2) is 7.98 Å². The molecule has 0 aromatic rings. The van der Waals surface area contributed by atoms with Crippen molar-refractivity contribution in [3.8, 4) is 0 Å². The van der Waals surface area contributed by atoms with Crippen LogP contribution >= 0.6 is 0 Å². The summed E-state index contributed by atoms with van der Waals surface area (Å²) >= 11 is 0. The van der Waals surface area contributed by atoms with Crippen molar-refractivity contribution in [2.24, 2.45) is 0 Å². The predicted octanol–water partition coefficient (Wildman–Crippen LogP) is 2.09. The fourth-order valence-electron chi connectivity index (χ4n) is 1.60. The molecule has 0 spiro atoms. The number of rotatable bonds is 4. The van der Waals surface area contributed by atoms with Gasteiger partial charge < -0.3 is 11.7 Å². The van der Waals surface area contributed by atoms with Crippen molar-refractivity contribution < 1.29 is 32.7 Å². The van der Waals surface area contributed by atoms with Crippen molar-refractivity contribution in [2.45, 2.75) is 38.1 Å². The molecule has 0 amide bonds. The summed E-state index contributed by atoms with van der Waals surface area (Å²) in [6, 6.07) is 0.589. The molecule has 1 aliphatic heterocycles. The molecule has 0 aromatic carbocycles. The van der Waals surface area contributed by atoms with Gasteiger partial charge in [0.05, 0.1) is 0 Å². The average molecular weight is 251 g/mol. The second-order valence-electron chi connectivity index (χ2n) is 3.38.